The Bertz CT molecular complexity index is 1010. The van der Waals surface area contributed by atoms with Gasteiger partial charge in [0.05, 0.1) is 11.4 Å². The number of hydrogen-bond donors (Lipinski definition) is 1. The molecule has 2 aromatic heterocycles. The lowest BCUT2D eigenvalue weighted by Crippen LogP contribution is -2.36. The van der Waals surface area contributed by atoms with Crippen molar-refractivity contribution < 1.29 is 9.59 Å². The van der Waals surface area contributed by atoms with Crippen molar-refractivity contribution in [3.05, 3.63) is 74.2 Å². The molecule has 0 saturated carbocycles. The summed E-state index contributed by atoms with van der Waals surface area (Å²) in [7, 11) is 1.84. The van der Waals surface area contributed by atoms with Crippen LogP contribution in [0.2, 0.25) is 5.02 Å². The summed E-state index contributed by atoms with van der Waals surface area (Å²) in [4.78, 5) is 27.9. The second-order valence-corrected chi connectivity index (χ2v) is 8.04. The van der Waals surface area contributed by atoms with Crippen molar-refractivity contribution in [2.45, 2.75) is 19.5 Å². The summed E-state index contributed by atoms with van der Waals surface area (Å²) in [6, 6.07) is 11.0. The van der Waals surface area contributed by atoms with Crippen LogP contribution in [0.15, 0.2) is 41.8 Å². The number of carbonyl (C=O) groups is 2. The topological polar surface area (TPSA) is 67.2 Å². The summed E-state index contributed by atoms with van der Waals surface area (Å²) in [6.07, 6.45) is 0.681. The summed E-state index contributed by atoms with van der Waals surface area (Å²) in [5, 5.41) is 9.88. The van der Waals surface area contributed by atoms with Crippen LogP contribution in [0, 0.1) is 0 Å². The fourth-order valence-electron chi connectivity index (χ4n) is 3.37. The summed E-state index contributed by atoms with van der Waals surface area (Å²) in [5.74, 6) is -0.241. The Morgan fingerprint density at radius 3 is 2.75 bits per heavy atom. The van der Waals surface area contributed by atoms with Crippen LogP contribution in [0.3, 0.4) is 0 Å². The SMILES string of the molecule is Cn1nc(C(=O)NCc2ccc(Cl)cc2)c2c1CCN(C(=O)c1cccs1)C2. The number of aryl methyl sites for hydroxylation is 1. The first-order valence-electron chi connectivity index (χ1n) is 8.93. The van der Waals surface area contributed by atoms with E-state index < -0.39 is 0 Å². The number of nitrogens with one attached hydrogen (secondary N) is 1. The van der Waals surface area contributed by atoms with Crippen molar-refractivity contribution in [3.63, 3.8) is 0 Å². The molecule has 28 heavy (non-hydrogen) atoms. The lowest BCUT2D eigenvalue weighted by molar-refractivity contribution is 0.0735. The van der Waals surface area contributed by atoms with Gasteiger partial charge in [0.15, 0.2) is 5.69 Å². The number of fused-ring (bicyclic) bond motifs is 1. The average Bonchev–Trinajstić information content (AvgIpc) is 3.35. The maximum atomic E-state index is 12.8. The third kappa shape index (κ3) is 3.68. The molecule has 0 fully saturated rings. The van der Waals surface area contributed by atoms with Crippen molar-refractivity contribution in [1.82, 2.24) is 20.0 Å². The van der Waals surface area contributed by atoms with Gasteiger partial charge in [-0.05, 0) is 29.1 Å². The van der Waals surface area contributed by atoms with E-state index in [9.17, 15) is 9.59 Å². The first-order chi connectivity index (χ1) is 13.5. The molecule has 0 aliphatic carbocycles. The number of hydrogen-bond acceptors (Lipinski definition) is 4. The minimum absolute atomic E-state index is 0.00275. The second-order valence-electron chi connectivity index (χ2n) is 6.66. The van der Waals surface area contributed by atoms with Gasteiger partial charge in [-0.3, -0.25) is 14.3 Å². The quantitative estimate of drug-likeness (QED) is 0.712. The lowest BCUT2D eigenvalue weighted by atomic mass is 10.0. The van der Waals surface area contributed by atoms with E-state index in [0.29, 0.717) is 41.6 Å². The number of amides is 2. The molecule has 8 heteroatoms. The fraction of sp³-hybridized carbons (Fsp3) is 0.250. The van der Waals surface area contributed by atoms with E-state index in [-0.39, 0.29) is 11.8 Å². The van der Waals surface area contributed by atoms with Gasteiger partial charge in [0, 0.05) is 42.8 Å². The van der Waals surface area contributed by atoms with Crippen LogP contribution < -0.4 is 5.32 Å². The Balaban J connectivity index is 1.51. The summed E-state index contributed by atoms with van der Waals surface area (Å²) < 4.78 is 1.75. The minimum atomic E-state index is -0.239. The van der Waals surface area contributed by atoms with Gasteiger partial charge >= 0.3 is 0 Å². The maximum Gasteiger partial charge on any atom is 0.272 e. The van der Waals surface area contributed by atoms with E-state index in [1.54, 1.807) is 21.7 Å². The van der Waals surface area contributed by atoms with E-state index in [4.69, 9.17) is 11.6 Å². The molecule has 1 N–H and O–H groups in total. The second kappa shape index (κ2) is 7.77. The van der Waals surface area contributed by atoms with Crippen LogP contribution in [0.4, 0.5) is 0 Å². The number of benzene rings is 1. The Morgan fingerprint density at radius 2 is 2.04 bits per heavy atom. The third-order valence-electron chi connectivity index (χ3n) is 4.84. The maximum absolute atomic E-state index is 12.8. The largest absolute Gasteiger partial charge is 0.347 e. The van der Waals surface area contributed by atoms with Crippen LogP contribution in [0.5, 0.6) is 0 Å². The first kappa shape index (κ1) is 18.7. The summed E-state index contributed by atoms with van der Waals surface area (Å²) in [5.41, 5.74) is 3.17. The molecule has 0 spiro atoms. The van der Waals surface area contributed by atoms with Gasteiger partial charge < -0.3 is 10.2 Å². The van der Waals surface area contributed by atoms with Crippen LogP contribution in [-0.2, 0) is 26.6 Å². The van der Waals surface area contributed by atoms with Gasteiger partial charge in [0.2, 0.25) is 0 Å². The Morgan fingerprint density at radius 1 is 1.25 bits per heavy atom. The van der Waals surface area contributed by atoms with E-state index in [1.807, 2.05) is 36.7 Å². The molecule has 1 aromatic carbocycles. The zero-order chi connectivity index (χ0) is 19.7. The molecule has 4 rings (SSSR count). The van der Waals surface area contributed by atoms with E-state index in [0.717, 1.165) is 16.8 Å². The predicted octanol–water partition coefficient (Wildman–Crippen LogP) is 3.26. The Labute approximate surface area is 171 Å². The molecule has 1 aliphatic heterocycles. The van der Waals surface area contributed by atoms with Gasteiger partial charge in [0.1, 0.15) is 0 Å². The summed E-state index contributed by atoms with van der Waals surface area (Å²) >= 11 is 7.32. The van der Waals surface area contributed by atoms with Crippen LogP contribution >= 0.6 is 22.9 Å². The zero-order valence-electron chi connectivity index (χ0n) is 15.3. The molecule has 0 bridgehead atoms. The zero-order valence-corrected chi connectivity index (χ0v) is 16.9. The number of aromatic nitrogens is 2. The molecule has 144 valence electrons. The van der Waals surface area contributed by atoms with Crippen LogP contribution in [-0.4, -0.2) is 33.0 Å². The lowest BCUT2D eigenvalue weighted by Gasteiger charge is -2.27. The van der Waals surface area contributed by atoms with Crippen LogP contribution in [0.1, 0.15) is 37.0 Å². The van der Waals surface area contributed by atoms with E-state index in [1.165, 1.54) is 11.3 Å². The standard InChI is InChI=1S/C20H19ClN4O2S/c1-24-16-8-9-25(20(27)17-3-2-10-28-17)12-15(16)18(23-24)19(26)22-11-13-4-6-14(21)7-5-13/h2-7,10H,8-9,11-12H2,1H3,(H,22,26). The van der Waals surface area contributed by atoms with Crippen molar-refractivity contribution in [2.75, 3.05) is 6.54 Å². The smallest absolute Gasteiger partial charge is 0.272 e. The van der Waals surface area contributed by atoms with Gasteiger partial charge in [0.25, 0.3) is 11.8 Å². The molecule has 3 heterocycles. The molecule has 0 radical (unpaired) electrons. The Kier molecular flexibility index (Phi) is 5.19. The molecular formula is C20H19ClN4O2S. The monoisotopic (exact) mass is 414 g/mol. The van der Waals surface area contributed by atoms with Crippen molar-refractivity contribution >= 4 is 34.8 Å². The average molecular weight is 415 g/mol. The third-order valence-corrected chi connectivity index (χ3v) is 5.95. The number of halogens is 1. The number of nitrogens with zero attached hydrogens (tertiary/aromatic N) is 3. The van der Waals surface area contributed by atoms with Crippen molar-refractivity contribution in [1.29, 1.82) is 0 Å². The van der Waals surface area contributed by atoms with E-state index in [2.05, 4.69) is 10.4 Å². The summed E-state index contributed by atoms with van der Waals surface area (Å²) in [6.45, 7) is 1.40. The molecule has 0 atom stereocenters. The minimum Gasteiger partial charge on any atom is -0.347 e. The van der Waals surface area contributed by atoms with Crippen molar-refractivity contribution in [2.24, 2.45) is 7.05 Å². The normalized spacial score (nSPS) is 13.3. The molecule has 6 nitrogen and oxygen atoms in total. The van der Waals surface area contributed by atoms with Gasteiger partial charge in [-0.1, -0.05) is 29.8 Å². The highest BCUT2D eigenvalue weighted by molar-refractivity contribution is 7.12. The van der Waals surface area contributed by atoms with Gasteiger partial charge in [-0.2, -0.15) is 5.10 Å². The molecule has 2 amide bonds. The van der Waals surface area contributed by atoms with Crippen LogP contribution in [0.25, 0.3) is 0 Å². The number of rotatable bonds is 4. The molecule has 0 unspecified atom stereocenters. The highest BCUT2D eigenvalue weighted by Gasteiger charge is 2.29. The fourth-order valence-corrected chi connectivity index (χ4v) is 4.19. The van der Waals surface area contributed by atoms with Gasteiger partial charge in [-0.15, -0.1) is 11.3 Å². The first-order valence-corrected chi connectivity index (χ1v) is 10.2. The Hall–Kier alpha value is -2.64. The molecule has 1 aliphatic rings. The van der Waals surface area contributed by atoms with Crippen molar-refractivity contribution in [3.8, 4) is 0 Å². The predicted molar refractivity (Wildman–Crippen MR) is 109 cm³/mol. The molecule has 3 aromatic rings. The van der Waals surface area contributed by atoms with E-state index >= 15 is 0 Å². The number of thiophene rings is 1. The molecule has 0 saturated heterocycles. The highest BCUT2D eigenvalue weighted by atomic mass is 35.5. The number of carbonyl (C=O) groups excluding carboxylic acids is 2. The van der Waals surface area contributed by atoms with Gasteiger partial charge in [-0.25, -0.2) is 0 Å². The molecular weight excluding hydrogens is 396 g/mol. The highest BCUT2D eigenvalue weighted by Crippen LogP contribution is 2.24.